The topological polar surface area (TPSA) is 48.1 Å². The highest BCUT2D eigenvalue weighted by Crippen LogP contribution is 2.36. The molecule has 1 aromatic heterocycles. The van der Waals surface area contributed by atoms with Crippen molar-refractivity contribution in [3.05, 3.63) is 59.9 Å². The van der Waals surface area contributed by atoms with Crippen LogP contribution in [0.5, 0.6) is 5.75 Å². The van der Waals surface area contributed by atoms with Gasteiger partial charge in [0.1, 0.15) is 5.75 Å². The number of pyridine rings is 1. The zero-order chi connectivity index (χ0) is 14.6. The minimum Gasteiger partial charge on any atom is -0.476 e. The highest BCUT2D eigenvalue weighted by atomic mass is 19.4. The number of aromatic nitrogens is 1. The van der Waals surface area contributed by atoms with E-state index in [0.29, 0.717) is 6.54 Å². The largest absolute Gasteiger partial charge is 0.476 e. The Morgan fingerprint density at radius 2 is 1.65 bits per heavy atom. The summed E-state index contributed by atoms with van der Waals surface area (Å²) in [5.41, 5.74) is 6.27. The molecule has 2 N–H and O–H groups in total. The summed E-state index contributed by atoms with van der Waals surface area (Å²) in [4.78, 5) is 3.70. The number of ether oxygens (including phenoxy) is 1. The number of hydrogen-bond acceptors (Lipinski definition) is 3. The number of benzene rings is 1. The van der Waals surface area contributed by atoms with Crippen LogP contribution in [0, 0.1) is 0 Å². The lowest BCUT2D eigenvalue weighted by Gasteiger charge is -2.22. The first kappa shape index (κ1) is 14.3. The Balaban J connectivity index is 2.24. The molecule has 1 unspecified atom stereocenters. The third-order valence-corrected chi connectivity index (χ3v) is 2.72. The molecule has 0 saturated heterocycles. The molecule has 1 atom stereocenters. The molecule has 0 saturated carbocycles. The van der Waals surface area contributed by atoms with Crippen LogP contribution < -0.4 is 10.5 Å². The van der Waals surface area contributed by atoms with E-state index in [9.17, 15) is 13.2 Å². The molecule has 6 heteroatoms. The van der Waals surface area contributed by atoms with E-state index in [0.717, 1.165) is 5.56 Å². The van der Waals surface area contributed by atoms with Crippen molar-refractivity contribution in [1.29, 1.82) is 0 Å². The maximum Gasteiger partial charge on any atom is 0.429 e. The zero-order valence-corrected chi connectivity index (χ0v) is 10.5. The van der Waals surface area contributed by atoms with Crippen LogP contribution in [-0.2, 0) is 6.54 Å². The minimum atomic E-state index is -4.51. The Kier molecular flexibility index (Phi) is 4.24. The summed E-state index contributed by atoms with van der Waals surface area (Å²) >= 11 is 0. The van der Waals surface area contributed by atoms with Gasteiger partial charge in [0, 0.05) is 24.5 Å². The van der Waals surface area contributed by atoms with Crippen molar-refractivity contribution in [1.82, 2.24) is 4.98 Å². The fraction of sp³-hybridized carbons (Fsp3) is 0.214. The molecular formula is C14H13F3N2O. The third-order valence-electron chi connectivity index (χ3n) is 2.72. The van der Waals surface area contributed by atoms with Crippen molar-refractivity contribution in [2.45, 2.75) is 18.8 Å². The maximum atomic E-state index is 13.1. The average molecular weight is 282 g/mol. The number of hydrogen-bond donors (Lipinski definition) is 1. The number of halogens is 3. The van der Waals surface area contributed by atoms with Gasteiger partial charge in [-0.1, -0.05) is 12.1 Å². The van der Waals surface area contributed by atoms with Crippen molar-refractivity contribution in [2.24, 2.45) is 5.73 Å². The molecule has 0 aliphatic carbocycles. The van der Waals surface area contributed by atoms with Crippen LogP contribution in [0.25, 0.3) is 0 Å². The van der Waals surface area contributed by atoms with E-state index in [2.05, 4.69) is 4.98 Å². The van der Waals surface area contributed by atoms with Gasteiger partial charge in [-0.25, -0.2) is 0 Å². The minimum absolute atomic E-state index is 0.00963. The van der Waals surface area contributed by atoms with Crippen LogP contribution in [0.1, 0.15) is 17.2 Å². The second kappa shape index (κ2) is 5.92. The Bertz CT molecular complexity index is 541. The summed E-state index contributed by atoms with van der Waals surface area (Å²) in [6.45, 7) is 0.327. The summed E-state index contributed by atoms with van der Waals surface area (Å²) in [5, 5.41) is 0. The molecular weight excluding hydrogens is 269 g/mol. The zero-order valence-electron chi connectivity index (χ0n) is 10.5. The lowest BCUT2D eigenvalue weighted by molar-refractivity contribution is -0.198. The number of alkyl halides is 3. The molecule has 106 valence electrons. The van der Waals surface area contributed by atoms with Crippen LogP contribution in [0.15, 0.2) is 48.8 Å². The summed E-state index contributed by atoms with van der Waals surface area (Å²) in [5.74, 6) is 0.140. The second-order valence-corrected chi connectivity index (χ2v) is 4.17. The monoisotopic (exact) mass is 282 g/mol. The maximum absolute atomic E-state index is 13.1. The smallest absolute Gasteiger partial charge is 0.429 e. The van der Waals surface area contributed by atoms with Crippen molar-refractivity contribution in [3.8, 4) is 5.75 Å². The molecule has 0 fully saturated rings. The van der Waals surface area contributed by atoms with Gasteiger partial charge >= 0.3 is 6.18 Å². The molecule has 0 aliphatic rings. The Labute approximate surface area is 114 Å². The SMILES string of the molecule is NCc1ccc(OC(c2ccncc2)C(F)(F)F)cc1. The quantitative estimate of drug-likeness (QED) is 0.936. The van der Waals surface area contributed by atoms with Crippen molar-refractivity contribution in [3.63, 3.8) is 0 Å². The lowest BCUT2D eigenvalue weighted by atomic mass is 10.1. The lowest BCUT2D eigenvalue weighted by Crippen LogP contribution is -2.26. The van der Waals surface area contributed by atoms with Gasteiger partial charge in [-0.05, 0) is 29.8 Å². The Morgan fingerprint density at radius 3 is 2.15 bits per heavy atom. The highest BCUT2D eigenvalue weighted by Gasteiger charge is 2.43. The predicted molar refractivity (Wildman–Crippen MR) is 68.0 cm³/mol. The molecule has 0 bridgehead atoms. The first-order valence-corrected chi connectivity index (χ1v) is 5.93. The Hall–Kier alpha value is -2.08. The van der Waals surface area contributed by atoms with Crippen LogP contribution in [0.2, 0.25) is 0 Å². The Morgan fingerprint density at radius 1 is 1.05 bits per heavy atom. The van der Waals surface area contributed by atoms with Gasteiger partial charge < -0.3 is 10.5 Å². The normalized spacial score (nSPS) is 13.0. The first-order valence-electron chi connectivity index (χ1n) is 5.93. The molecule has 1 heterocycles. The van der Waals surface area contributed by atoms with Crippen LogP contribution in [0.3, 0.4) is 0 Å². The van der Waals surface area contributed by atoms with E-state index < -0.39 is 12.3 Å². The van der Waals surface area contributed by atoms with Crippen LogP contribution in [-0.4, -0.2) is 11.2 Å². The third kappa shape index (κ3) is 3.48. The van der Waals surface area contributed by atoms with Gasteiger partial charge in [-0.15, -0.1) is 0 Å². The second-order valence-electron chi connectivity index (χ2n) is 4.17. The predicted octanol–water partition coefficient (Wildman–Crippen LogP) is 3.22. The van der Waals surface area contributed by atoms with E-state index in [1.165, 1.54) is 36.7 Å². The van der Waals surface area contributed by atoms with Crippen molar-refractivity contribution in [2.75, 3.05) is 0 Å². The van der Waals surface area contributed by atoms with E-state index in [1.807, 2.05) is 0 Å². The standard InChI is InChI=1S/C14H13F3N2O/c15-14(16,17)13(11-5-7-19-8-6-11)20-12-3-1-10(9-18)2-4-12/h1-8,13H,9,18H2. The van der Waals surface area contributed by atoms with Gasteiger partial charge in [-0.2, -0.15) is 13.2 Å². The van der Waals surface area contributed by atoms with Gasteiger partial charge in [0.15, 0.2) is 0 Å². The summed E-state index contributed by atoms with van der Waals surface area (Å²) in [6, 6.07) is 8.79. The van der Waals surface area contributed by atoms with Gasteiger partial charge in [0.25, 0.3) is 0 Å². The van der Waals surface area contributed by atoms with E-state index >= 15 is 0 Å². The van der Waals surface area contributed by atoms with Gasteiger partial charge in [0.05, 0.1) is 0 Å². The number of nitrogens with two attached hydrogens (primary N) is 1. The van der Waals surface area contributed by atoms with Gasteiger partial charge in [0.2, 0.25) is 6.10 Å². The fourth-order valence-corrected chi connectivity index (χ4v) is 1.70. The first-order chi connectivity index (χ1) is 9.50. The molecule has 3 nitrogen and oxygen atoms in total. The molecule has 1 aromatic carbocycles. The highest BCUT2D eigenvalue weighted by molar-refractivity contribution is 5.28. The molecule has 0 aliphatic heterocycles. The molecule has 0 amide bonds. The molecule has 0 spiro atoms. The fourth-order valence-electron chi connectivity index (χ4n) is 1.70. The van der Waals surface area contributed by atoms with E-state index in [1.54, 1.807) is 12.1 Å². The summed E-state index contributed by atoms with van der Waals surface area (Å²) in [6.07, 6.45) is -3.92. The average Bonchev–Trinajstić information content (AvgIpc) is 2.45. The van der Waals surface area contributed by atoms with Gasteiger partial charge in [-0.3, -0.25) is 4.98 Å². The van der Waals surface area contributed by atoms with E-state index in [-0.39, 0.29) is 11.3 Å². The van der Waals surface area contributed by atoms with Crippen LogP contribution >= 0.6 is 0 Å². The van der Waals surface area contributed by atoms with Crippen molar-refractivity contribution >= 4 is 0 Å². The molecule has 2 aromatic rings. The molecule has 2 rings (SSSR count). The molecule has 20 heavy (non-hydrogen) atoms. The summed E-state index contributed by atoms with van der Waals surface area (Å²) < 4.78 is 44.3. The van der Waals surface area contributed by atoms with Crippen LogP contribution in [0.4, 0.5) is 13.2 Å². The van der Waals surface area contributed by atoms with Crippen molar-refractivity contribution < 1.29 is 17.9 Å². The van der Waals surface area contributed by atoms with E-state index in [4.69, 9.17) is 10.5 Å². The molecule has 0 radical (unpaired) electrons. The number of rotatable bonds is 4. The summed E-state index contributed by atoms with van der Waals surface area (Å²) in [7, 11) is 0. The number of nitrogens with zero attached hydrogens (tertiary/aromatic N) is 1.